The largest absolute Gasteiger partial charge is 0.371 e. The van der Waals surface area contributed by atoms with E-state index in [1.54, 1.807) is 17.8 Å². The van der Waals surface area contributed by atoms with E-state index < -0.39 is 5.91 Å². The van der Waals surface area contributed by atoms with Gasteiger partial charge in [-0.05, 0) is 17.1 Å². The van der Waals surface area contributed by atoms with Crippen LogP contribution in [0.15, 0.2) is 34.9 Å². The van der Waals surface area contributed by atoms with Crippen LogP contribution in [-0.2, 0) is 4.79 Å². The lowest BCUT2D eigenvalue weighted by Crippen LogP contribution is -2.37. The summed E-state index contributed by atoms with van der Waals surface area (Å²) in [7, 11) is 0. The zero-order valence-electron chi connectivity index (χ0n) is 6.99. The van der Waals surface area contributed by atoms with Gasteiger partial charge in [-0.25, -0.2) is 0 Å². The first kappa shape index (κ1) is 8.44. The number of carbonyl (C=O) groups is 1. The number of allylic oxidation sites excluding steroid dienone is 2. The van der Waals surface area contributed by atoms with Gasteiger partial charge >= 0.3 is 0 Å². The van der Waals surface area contributed by atoms with Gasteiger partial charge in [0.1, 0.15) is 5.70 Å². The number of hydrogen-bond acceptors (Lipinski definition) is 3. The molecule has 0 spiro atoms. The highest BCUT2D eigenvalue weighted by Gasteiger charge is 2.19. The van der Waals surface area contributed by atoms with Crippen molar-refractivity contribution in [1.82, 2.24) is 5.32 Å². The number of dihydropyridines is 1. The minimum absolute atomic E-state index is 0.161. The highest BCUT2D eigenvalue weighted by molar-refractivity contribution is 8.02. The summed E-state index contributed by atoms with van der Waals surface area (Å²) in [5.41, 5.74) is 6.94. The van der Waals surface area contributed by atoms with Gasteiger partial charge in [0.25, 0.3) is 5.91 Å². The number of amides is 1. The lowest BCUT2D eigenvalue weighted by atomic mass is 10.0. The van der Waals surface area contributed by atoms with E-state index in [4.69, 9.17) is 5.73 Å². The second-order valence-corrected chi connectivity index (χ2v) is 3.84. The van der Waals surface area contributed by atoms with E-state index in [0.29, 0.717) is 5.70 Å². The minimum Gasteiger partial charge on any atom is -0.371 e. The summed E-state index contributed by atoms with van der Waals surface area (Å²) in [5, 5.41) is 5.11. The molecule has 0 saturated carbocycles. The number of nitrogens with one attached hydrogen (secondary N) is 1. The van der Waals surface area contributed by atoms with Gasteiger partial charge in [0, 0.05) is 5.75 Å². The Morgan fingerprint density at radius 1 is 1.62 bits per heavy atom. The van der Waals surface area contributed by atoms with Gasteiger partial charge < -0.3 is 11.1 Å². The average molecular weight is 194 g/mol. The number of hydrogen-bond donors (Lipinski definition) is 2. The van der Waals surface area contributed by atoms with Crippen LogP contribution in [0.25, 0.3) is 0 Å². The number of fused-ring (bicyclic) bond motifs is 1. The Morgan fingerprint density at radius 2 is 2.46 bits per heavy atom. The molecule has 0 aliphatic carbocycles. The Morgan fingerprint density at radius 3 is 3.23 bits per heavy atom. The van der Waals surface area contributed by atoms with Crippen molar-refractivity contribution in [2.45, 2.75) is 6.04 Å². The molecule has 0 aromatic heterocycles. The average Bonchev–Trinajstić information content (AvgIpc) is 2.17. The molecule has 68 valence electrons. The maximum atomic E-state index is 10.9. The highest BCUT2D eigenvalue weighted by Crippen LogP contribution is 2.23. The van der Waals surface area contributed by atoms with Crippen LogP contribution in [0.4, 0.5) is 0 Å². The Labute approximate surface area is 80.8 Å². The molecule has 4 heteroatoms. The van der Waals surface area contributed by atoms with Crippen LogP contribution in [0, 0.1) is 0 Å². The SMILES string of the molecule is NC(=O)C1=CC=C2CSC=CC2N1. The summed E-state index contributed by atoms with van der Waals surface area (Å²) in [5.74, 6) is 0.582. The zero-order valence-corrected chi connectivity index (χ0v) is 7.80. The van der Waals surface area contributed by atoms with Crippen molar-refractivity contribution in [3.8, 4) is 0 Å². The molecular formula is C9H10N2OS. The van der Waals surface area contributed by atoms with Gasteiger partial charge in [0.2, 0.25) is 0 Å². The van der Waals surface area contributed by atoms with Crippen LogP contribution in [0.5, 0.6) is 0 Å². The fourth-order valence-electron chi connectivity index (χ4n) is 1.34. The van der Waals surface area contributed by atoms with E-state index in [9.17, 15) is 4.79 Å². The molecule has 0 saturated heterocycles. The molecule has 13 heavy (non-hydrogen) atoms. The summed E-state index contributed by atoms with van der Waals surface area (Å²) in [4.78, 5) is 10.9. The molecule has 0 fully saturated rings. The first-order chi connectivity index (χ1) is 6.27. The van der Waals surface area contributed by atoms with Gasteiger partial charge in [0.05, 0.1) is 6.04 Å². The molecule has 0 bridgehead atoms. The number of primary amides is 1. The summed E-state index contributed by atoms with van der Waals surface area (Å²) in [6.45, 7) is 0. The molecule has 0 aromatic carbocycles. The lowest BCUT2D eigenvalue weighted by Gasteiger charge is -2.25. The highest BCUT2D eigenvalue weighted by atomic mass is 32.2. The van der Waals surface area contributed by atoms with Crippen LogP contribution in [0.1, 0.15) is 0 Å². The van der Waals surface area contributed by atoms with Gasteiger partial charge in [-0.1, -0.05) is 12.2 Å². The molecule has 0 radical (unpaired) electrons. The monoisotopic (exact) mass is 194 g/mol. The van der Waals surface area contributed by atoms with Crippen molar-refractivity contribution in [3.63, 3.8) is 0 Å². The van der Waals surface area contributed by atoms with Crippen molar-refractivity contribution in [2.24, 2.45) is 5.73 Å². The molecule has 1 amide bonds. The molecular weight excluding hydrogens is 184 g/mol. The summed E-state index contributed by atoms with van der Waals surface area (Å²) in [6.07, 6.45) is 5.75. The molecule has 3 nitrogen and oxygen atoms in total. The Bertz CT molecular complexity index is 331. The van der Waals surface area contributed by atoms with Crippen LogP contribution < -0.4 is 11.1 Å². The number of rotatable bonds is 1. The van der Waals surface area contributed by atoms with Crippen molar-refractivity contribution in [1.29, 1.82) is 0 Å². The van der Waals surface area contributed by atoms with E-state index in [0.717, 1.165) is 5.75 Å². The number of nitrogens with two attached hydrogens (primary N) is 1. The topological polar surface area (TPSA) is 55.1 Å². The van der Waals surface area contributed by atoms with Gasteiger partial charge in [-0.3, -0.25) is 4.79 Å². The summed E-state index contributed by atoms with van der Waals surface area (Å²) < 4.78 is 0. The smallest absolute Gasteiger partial charge is 0.264 e. The summed E-state index contributed by atoms with van der Waals surface area (Å²) >= 11 is 1.76. The Balaban J connectivity index is 2.24. The van der Waals surface area contributed by atoms with Crippen LogP contribution in [0.3, 0.4) is 0 Å². The maximum Gasteiger partial charge on any atom is 0.264 e. The standard InChI is InChI=1S/C9H10N2OS/c10-9(12)8-2-1-6-5-13-4-3-7(6)11-8/h1-4,7,11H,5H2,(H2,10,12). The van der Waals surface area contributed by atoms with Crippen molar-refractivity contribution < 1.29 is 4.79 Å². The van der Waals surface area contributed by atoms with Crippen molar-refractivity contribution >= 4 is 17.7 Å². The first-order valence-corrected chi connectivity index (χ1v) is 5.07. The molecule has 1 atom stereocenters. The second kappa shape index (κ2) is 3.30. The first-order valence-electron chi connectivity index (χ1n) is 4.03. The third kappa shape index (κ3) is 1.62. The minimum atomic E-state index is -0.401. The van der Waals surface area contributed by atoms with E-state index in [1.165, 1.54) is 5.57 Å². The van der Waals surface area contributed by atoms with E-state index >= 15 is 0 Å². The zero-order chi connectivity index (χ0) is 9.26. The predicted molar refractivity (Wildman–Crippen MR) is 53.9 cm³/mol. The molecule has 2 heterocycles. The second-order valence-electron chi connectivity index (χ2n) is 2.95. The molecule has 1 unspecified atom stereocenters. The third-order valence-corrected chi connectivity index (χ3v) is 2.91. The van der Waals surface area contributed by atoms with E-state index in [-0.39, 0.29) is 6.04 Å². The number of carbonyl (C=O) groups excluding carboxylic acids is 1. The molecule has 3 N–H and O–H groups in total. The molecule has 2 aliphatic heterocycles. The molecule has 2 rings (SSSR count). The normalized spacial score (nSPS) is 25.4. The van der Waals surface area contributed by atoms with Crippen molar-refractivity contribution in [2.75, 3.05) is 5.75 Å². The summed E-state index contributed by atoms with van der Waals surface area (Å²) in [6, 6.07) is 0.161. The molecule has 0 aromatic rings. The third-order valence-electron chi connectivity index (χ3n) is 2.06. The predicted octanol–water partition coefficient (Wildman–Crippen LogP) is 0.514. The van der Waals surface area contributed by atoms with Gasteiger partial charge in [0.15, 0.2) is 0 Å². The lowest BCUT2D eigenvalue weighted by molar-refractivity contribution is -0.115. The quantitative estimate of drug-likeness (QED) is 0.639. The Kier molecular flexibility index (Phi) is 2.14. The maximum absolute atomic E-state index is 10.9. The van der Waals surface area contributed by atoms with Gasteiger partial charge in [-0.2, -0.15) is 0 Å². The van der Waals surface area contributed by atoms with E-state index in [1.807, 2.05) is 17.6 Å². The fraction of sp³-hybridized carbons (Fsp3) is 0.222. The van der Waals surface area contributed by atoms with E-state index in [2.05, 4.69) is 5.32 Å². The Hall–Kier alpha value is -1.16. The number of thioether (sulfide) groups is 1. The van der Waals surface area contributed by atoms with Crippen LogP contribution >= 0.6 is 11.8 Å². The molecule has 2 aliphatic rings. The van der Waals surface area contributed by atoms with Crippen LogP contribution in [-0.4, -0.2) is 17.7 Å². The van der Waals surface area contributed by atoms with Gasteiger partial charge in [-0.15, -0.1) is 11.8 Å². The fourth-order valence-corrected chi connectivity index (χ4v) is 2.18. The van der Waals surface area contributed by atoms with Crippen molar-refractivity contribution in [3.05, 3.63) is 34.9 Å². The van der Waals surface area contributed by atoms with Crippen LogP contribution in [0.2, 0.25) is 0 Å².